The third-order valence-corrected chi connectivity index (χ3v) is 2.98. The molecule has 0 radical (unpaired) electrons. The van der Waals surface area contributed by atoms with Crippen LogP contribution in [0.2, 0.25) is 0 Å². The molecule has 0 aliphatic carbocycles. The van der Waals surface area contributed by atoms with E-state index in [4.69, 9.17) is 4.74 Å². The first-order valence-electron chi connectivity index (χ1n) is 6.43. The molecule has 0 saturated carbocycles. The van der Waals surface area contributed by atoms with Crippen LogP contribution < -0.4 is 10.2 Å². The van der Waals surface area contributed by atoms with E-state index in [2.05, 4.69) is 20.5 Å². The summed E-state index contributed by atoms with van der Waals surface area (Å²) in [6.07, 6.45) is 3.63. The van der Waals surface area contributed by atoms with Gasteiger partial charge in [-0.2, -0.15) is 5.10 Å². The molecule has 1 aliphatic heterocycles. The Labute approximate surface area is 123 Å². The fourth-order valence-electron chi connectivity index (χ4n) is 1.87. The number of halogens is 2. The lowest BCUT2D eigenvalue weighted by molar-refractivity contribution is -0.121. The molecular weight excluding hydrogens is 294 g/mol. The number of para-hydroxylation sites is 1. The van der Waals surface area contributed by atoms with Gasteiger partial charge in [-0.05, 0) is 12.1 Å². The standard InChI is InChI=1S/C14H10F2N4O2/c15-9-2-1-3-10(16)13(9)22-14-17-6-8(7-18-14)11-4-5-12(21)20-19-11/h1-3,6-7H,4-5H2,(H,20,21). The van der Waals surface area contributed by atoms with E-state index in [1.807, 2.05) is 0 Å². The monoisotopic (exact) mass is 304 g/mol. The summed E-state index contributed by atoms with van der Waals surface area (Å²) in [7, 11) is 0. The molecule has 2 aromatic rings. The molecule has 1 aromatic heterocycles. The summed E-state index contributed by atoms with van der Waals surface area (Å²) in [5.41, 5.74) is 3.59. The Morgan fingerprint density at radius 2 is 1.77 bits per heavy atom. The zero-order chi connectivity index (χ0) is 15.5. The highest BCUT2D eigenvalue weighted by Crippen LogP contribution is 2.25. The minimum atomic E-state index is -0.841. The van der Waals surface area contributed by atoms with E-state index < -0.39 is 17.4 Å². The van der Waals surface area contributed by atoms with E-state index in [9.17, 15) is 13.6 Å². The van der Waals surface area contributed by atoms with Gasteiger partial charge >= 0.3 is 6.01 Å². The molecule has 6 nitrogen and oxygen atoms in total. The molecule has 0 bridgehead atoms. The Balaban J connectivity index is 1.79. The summed E-state index contributed by atoms with van der Waals surface area (Å²) in [5.74, 6) is -2.39. The molecule has 1 N–H and O–H groups in total. The van der Waals surface area contributed by atoms with E-state index in [1.165, 1.54) is 18.5 Å². The van der Waals surface area contributed by atoms with Gasteiger partial charge in [0.2, 0.25) is 11.7 Å². The minimum absolute atomic E-state index is 0.153. The molecule has 3 rings (SSSR count). The molecular formula is C14H10F2N4O2. The quantitative estimate of drug-likeness (QED) is 0.942. The molecule has 22 heavy (non-hydrogen) atoms. The maximum Gasteiger partial charge on any atom is 0.322 e. The number of hydrogen-bond donors (Lipinski definition) is 1. The van der Waals surface area contributed by atoms with E-state index >= 15 is 0 Å². The third kappa shape index (κ3) is 2.90. The predicted molar refractivity (Wildman–Crippen MR) is 72.4 cm³/mol. The largest absolute Gasteiger partial charge is 0.418 e. The molecule has 1 amide bonds. The molecule has 0 spiro atoms. The number of nitrogens with zero attached hydrogens (tertiary/aromatic N) is 3. The third-order valence-electron chi connectivity index (χ3n) is 2.98. The van der Waals surface area contributed by atoms with Crippen LogP contribution in [0.25, 0.3) is 0 Å². The number of carbonyl (C=O) groups excluding carboxylic acids is 1. The van der Waals surface area contributed by atoms with Gasteiger partial charge in [0.15, 0.2) is 11.6 Å². The van der Waals surface area contributed by atoms with Gasteiger partial charge in [-0.15, -0.1) is 0 Å². The highest BCUT2D eigenvalue weighted by Gasteiger charge is 2.15. The number of nitrogens with one attached hydrogen (secondary N) is 1. The van der Waals surface area contributed by atoms with Crippen molar-refractivity contribution in [1.82, 2.24) is 15.4 Å². The van der Waals surface area contributed by atoms with E-state index in [-0.39, 0.29) is 11.9 Å². The number of ether oxygens (including phenoxy) is 1. The van der Waals surface area contributed by atoms with Crippen LogP contribution >= 0.6 is 0 Å². The summed E-state index contributed by atoms with van der Waals surface area (Å²) in [5, 5.41) is 3.90. The van der Waals surface area contributed by atoms with Gasteiger partial charge in [0.05, 0.1) is 5.71 Å². The fourth-order valence-corrected chi connectivity index (χ4v) is 1.87. The predicted octanol–water partition coefficient (Wildman–Crippen LogP) is 2.16. The molecule has 0 atom stereocenters. The van der Waals surface area contributed by atoms with Crippen LogP contribution in [0.5, 0.6) is 11.8 Å². The maximum atomic E-state index is 13.5. The normalized spacial score (nSPS) is 14.3. The summed E-state index contributed by atoms with van der Waals surface area (Å²) in [4.78, 5) is 18.8. The summed E-state index contributed by atoms with van der Waals surface area (Å²) in [6.45, 7) is 0. The van der Waals surface area contributed by atoms with Gasteiger partial charge in [0.1, 0.15) is 0 Å². The van der Waals surface area contributed by atoms with Crippen molar-refractivity contribution in [3.63, 3.8) is 0 Å². The van der Waals surface area contributed by atoms with Crippen molar-refractivity contribution < 1.29 is 18.3 Å². The summed E-state index contributed by atoms with van der Waals surface area (Å²) in [6, 6.07) is 3.20. The van der Waals surface area contributed by atoms with Crippen LogP contribution in [0.4, 0.5) is 8.78 Å². The lowest BCUT2D eigenvalue weighted by Gasteiger charge is -2.11. The zero-order valence-electron chi connectivity index (χ0n) is 11.2. The average molecular weight is 304 g/mol. The zero-order valence-corrected chi connectivity index (χ0v) is 11.2. The van der Waals surface area contributed by atoms with Crippen LogP contribution in [0, 0.1) is 11.6 Å². The second-order valence-corrected chi connectivity index (χ2v) is 4.50. The second-order valence-electron chi connectivity index (χ2n) is 4.50. The van der Waals surface area contributed by atoms with E-state index in [1.54, 1.807) is 0 Å². The molecule has 1 aromatic carbocycles. The molecule has 0 unspecified atom stereocenters. The first-order chi connectivity index (χ1) is 10.6. The molecule has 8 heteroatoms. The van der Waals surface area contributed by atoms with Gasteiger partial charge in [-0.25, -0.2) is 24.2 Å². The highest BCUT2D eigenvalue weighted by atomic mass is 19.1. The lowest BCUT2D eigenvalue weighted by Crippen LogP contribution is -2.26. The van der Waals surface area contributed by atoms with E-state index in [0.717, 1.165) is 12.1 Å². The lowest BCUT2D eigenvalue weighted by atomic mass is 10.1. The first-order valence-corrected chi connectivity index (χ1v) is 6.43. The van der Waals surface area contributed by atoms with Crippen LogP contribution in [0.15, 0.2) is 35.7 Å². The van der Waals surface area contributed by atoms with Crippen molar-refractivity contribution in [1.29, 1.82) is 0 Å². The summed E-state index contributed by atoms with van der Waals surface area (Å²) < 4.78 is 31.9. The molecule has 0 fully saturated rings. The number of carbonyl (C=O) groups is 1. The SMILES string of the molecule is O=C1CCC(c2cnc(Oc3c(F)cccc3F)nc2)=NN1. The van der Waals surface area contributed by atoms with Crippen LogP contribution in [-0.2, 0) is 4.79 Å². The number of benzene rings is 1. The Hall–Kier alpha value is -2.90. The van der Waals surface area contributed by atoms with Crippen molar-refractivity contribution in [2.45, 2.75) is 12.8 Å². The van der Waals surface area contributed by atoms with Crippen molar-refractivity contribution in [2.75, 3.05) is 0 Å². The number of hydrazone groups is 1. The van der Waals surface area contributed by atoms with Crippen molar-refractivity contribution in [2.24, 2.45) is 5.10 Å². The first kappa shape index (κ1) is 14.1. The van der Waals surface area contributed by atoms with Crippen molar-refractivity contribution >= 4 is 11.6 Å². The minimum Gasteiger partial charge on any atom is -0.418 e. The van der Waals surface area contributed by atoms with Crippen LogP contribution in [0.3, 0.4) is 0 Å². The topological polar surface area (TPSA) is 76.5 Å². The van der Waals surface area contributed by atoms with Gasteiger partial charge in [-0.3, -0.25) is 4.79 Å². The molecule has 112 valence electrons. The number of aromatic nitrogens is 2. The van der Waals surface area contributed by atoms with Gasteiger partial charge in [-0.1, -0.05) is 6.07 Å². The highest BCUT2D eigenvalue weighted by molar-refractivity contribution is 6.03. The van der Waals surface area contributed by atoms with Gasteiger partial charge in [0.25, 0.3) is 0 Å². The average Bonchev–Trinajstić information content (AvgIpc) is 2.53. The second kappa shape index (κ2) is 5.84. The molecule has 0 saturated heterocycles. The maximum absolute atomic E-state index is 13.5. The Morgan fingerprint density at radius 1 is 1.09 bits per heavy atom. The smallest absolute Gasteiger partial charge is 0.322 e. The molecule has 1 aliphatic rings. The molecule has 2 heterocycles. The Bertz CT molecular complexity index is 727. The number of hydrogen-bond acceptors (Lipinski definition) is 5. The van der Waals surface area contributed by atoms with Gasteiger partial charge in [0, 0.05) is 30.8 Å². The number of amides is 1. The fraction of sp³-hybridized carbons (Fsp3) is 0.143. The number of rotatable bonds is 3. The van der Waals surface area contributed by atoms with Crippen molar-refractivity contribution in [3.05, 3.63) is 47.8 Å². The van der Waals surface area contributed by atoms with Crippen LogP contribution in [0.1, 0.15) is 18.4 Å². The Morgan fingerprint density at radius 3 is 2.36 bits per heavy atom. The van der Waals surface area contributed by atoms with Crippen LogP contribution in [-0.4, -0.2) is 21.6 Å². The Kier molecular flexibility index (Phi) is 3.73. The van der Waals surface area contributed by atoms with E-state index in [0.29, 0.717) is 24.1 Å². The van der Waals surface area contributed by atoms with Gasteiger partial charge < -0.3 is 4.74 Å². The van der Waals surface area contributed by atoms with Crippen molar-refractivity contribution in [3.8, 4) is 11.8 Å². The summed E-state index contributed by atoms with van der Waals surface area (Å²) >= 11 is 0.